The number of nitrogens with one attached hydrogen (secondary N) is 1. The molecule has 0 bridgehead atoms. The largest absolute Gasteiger partial charge is 0.473 e. The van der Waals surface area contributed by atoms with Crippen LogP contribution in [0.3, 0.4) is 0 Å². The number of ether oxygens (including phenoxy) is 1. The zero-order valence-electron chi connectivity index (χ0n) is 18.8. The Kier molecular flexibility index (Phi) is 6.74. The summed E-state index contributed by atoms with van der Waals surface area (Å²) in [5.41, 5.74) is 6.97. The lowest BCUT2D eigenvalue weighted by atomic mass is 10.0. The van der Waals surface area contributed by atoms with E-state index in [4.69, 9.17) is 14.7 Å². The standard InChI is InChI=1S/C24H28N4O3/c1-15-11-12-16(2)20(13-15)21-17(3)24(28(5)26-21)31-14-18-9-7-8-10-19(18)22(27-30-6)23(29)25-4/h7-13H,14H2,1-6H3,(H,25,29)/b27-22+. The van der Waals surface area contributed by atoms with E-state index in [1.165, 1.54) is 12.7 Å². The molecule has 0 unspecified atom stereocenters. The van der Waals surface area contributed by atoms with Crippen molar-refractivity contribution in [3.05, 3.63) is 70.3 Å². The Balaban J connectivity index is 1.93. The molecule has 162 valence electrons. The Labute approximate surface area is 182 Å². The smallest absolute Gasteiger partial charge is 0.273 e. The minimum absolute atomic E-state index is 0.196. The number of aryl methyl sites for hydroxylation is 3. The molecule has 1 heterocycles. The highest BCUT2D eigenvalue weighted by molar-refractivity contribution is 6.45. The van der Waals surface area contributed by atoms with Crippen LogP contribution in [0.4, 0.5) is 0 Å². The molecule has 0 saturated carbocycles. The van der Waals surface area contributed by atoms with Crippen LogP contribution >= 0.6 is 0 Å². The Morgan fingerprint density at radius 2 is 1.90 bits per heavy atom. The highest BCUT2D eigenvalue weighted by Gasteiger charge is 2.20. The van der Waals surface area contributed by atoms with Crippen LogP contribution in [0.15, 0.2) is 47.6 Å². The Morgan fingerprint density at radius 3 is 2.61 bits per heavy atom. The molecule has 31 heavy (non-hydrogen) atoms. The first-order valence-electron chi connectivity index (χ1n) is 10.0. The van der Waals surface area contributed by atoms with Gasteiger partial charge in [0.05, 0.1) is 5.69 Å². The van der Waals surface area contributed by atoms with Gasteiger partial charge in [0.2, 0.25) is 5.88 Å². The van der Waals surface area contributed by atoms with Crippen LogP contribution in [0.25, 0.3) is 11.3 Å². The molecule has 1 aromatic heterocycles. The molecule has 0 fully saturated rings. The van der Waals surface area contributed by atoms with Crippen molar-refractivity contribution in [3.8, 4) is 17.1 Å². The van der Waals surface area contributed by atoms with E-state index in [9.17, 15) is 4.79 Å². The summed E-state index contributed by atoms with van der Waals surface area (Å²) < 4.78 is 7.93. The minimum atomic E-state index is -0.330. The first kappa shape index (κ1) is 22.1. The van der Waals surface area contributed by atoms with Gasteiger partial charge in [-0.25, -0.2) is 4.68 Å². The van der Waals surface area contributed by atoms with E-state index in [0.29, 0.717) is 11.4 Å². The van der Waals surface area contributed by atoms with E-state index >= 15 is 0 Å². The van der Waals surface area contributed by atoms with E-state index in [2.05, 4.69) is 42.5 Å². The van der Waals surface area contributed by atoms with Gasteiger partial charge in [-0.2, -0.15) is 5.10 Å². The van der Waals surface area contributed by atoms with E-state index < -0.39 is 0 Å². The summed E-state index contributed by atoms with van der Waals surface area (Å²) in [6, 6.07) is 13.8. The molecule has 3 rings (SSSR count). The quantitative estimate of drug-likeness (QED) is 0.467. The average molecular weight is 421 g/mol. The van der Waals surface area contributed by atoms with Gasteiger partial charge in [-0.15, -0.1) is 0 Å². The summed E-state index contributed by atoms with van der Waals surface area (Å²) in [6.07, 6.45) is 0. The Bertz CT molecular complexity index is 1130. The van der Waals surface area contributed by atoms with E-state index in [1.807, 2.05) is 38.2 Å². The summed E-state index contributed by atoms with van der Waals surface area (Å²) in [4.78, 5) is 17.2. The molecule has 1 amide bonds. The second kappa shape index (κ2) is 9.47. The van der Waals surface area contributed by atoms with Crippen molar-refractivity contribution < 1.29 is 14.4 Å². The SMILES string of the molecule is CNC(=O)/C(=N/OC)c1ccccc1COc1c(C)c(-c2cc(C)ccc2C)nn1C. The number of likely N-dealkylation sites (N-methyl/N-ethyl adjacent to an activating group) is 1. The zero-order chi connectivity index (χ0) is 22.5. The monoisotopic (exact) mass is 420 g/mol. The maximum absolute atomic E-state index is 12.3. The van der Waals surface area contributed by atoms with E-state index in [1.54, 1.807) is 11.7 Å². The molecule has 7 heteroatoms. The number of aromatic nitrogens is 2. The first-order valence-corrected chi connectivity index (χ1v) is 10.0. The van der Waals surface area contributed by atoms with Crippen LogP contribution in [0.2, 0.25) is 0 Å². The normalized spacial score (nSPS) is 11.4. The van der Waals surface area contributed by atoms with E-state index in [0.717, 1.165) is 27.9 Å². The molecular formula is C24H28N4O3. The highest BCUT2D eigenvalue weighted by atomic mass is 16.6. The number of rotatable bonds is 7. The van der Waals surface area contributed by atoms with Crippen molar-refractivity contribution in [3.63, 3.8) is 0 Å². The number of carbonyl (C=O) groups is 1. The average Bonchev–Trinajstić information content (AvgIpc) is 3.05. The number of benzene rings is 2. The second-order valence-electron chi connectivity index (χ2n) is 7.37. The summed E-state index contributed by atoms with van der Waals surface area (Å²) in [5, 5.41) is 11.2. The van der Waals surface area contributed by atoms with Gasteiger partial charge in [-0.3, -0.25) is 4.79 Å². The molecular weight excluding hydrogens is 392 g/mol. The molecule has 1 N–H and O–H groups in total. The van der Waals surface area contributed by atoms with Gasteiger partial charge in [-0.1, -0.05) is 47.1 Å². The zero-order valence-corrected chi connectivity index (χ0v) is 18.8. The highest BCUT2D eigenvalue weighted by Crippen LogP contribution is 2.32. The van der Waals surface area contributed by atoms with Crippen LogP contribution in [0.5, 0.6) is 5.88 Å². The number of hydrogen-bond donors (Lipinski definition) is 1. The second-order valence-corrected chi connectivity index (χ2v) is 7.37. The van der Waals surface area contributed by atoms with Crippen LogP contribution in [0.1, 0.15) is 27.8 Å². The van der Waals surface area contributed by atoms with Gasteiger partial charge >= 0.3 is 0 Å². The topological polar surface area (TPSA) is 77.7 Å². The Morgan fingerprint density at radius 1 is 1.16 bits per heavy atom. The predicted molar refractivity (Wildman–Crippen MR) is 121 cm³/mol. The fourth-order valence-corrected chi connectivity index (χ4v) is 3.51. The van der Waals surface area contributed by atoms with Crippen molar-refractivity contribution in [2.45, 2.75) is 27.4 Å². The maximum atomic E-state index is 12.3. The number of nitrogens with zero attached hydrogens (tertiary/aromatic N) is 3. The van der Waals surface area contributed by atoms with Gasteiger partial charge in [0.25, 0.3) is 5.91 Å². The van der Waals surface area contributed by atoms with Gasteiger partial charge in [-0.05, 0) is 38.0 Å². The number of amides is 1. The first-order chi connectivity index (χ1) is 14.9. The predicted octanol–water partition coefficient (Wildman–Crippen LogP) is 3.69. The summed E-state index contributed by atoms with van der Waals surface area (Å²) >= 11 is 0. The third kappa shape index (κ3) is 4.60. The molecule has 0 saturated heterocycles. The van der Waals surface area contributed by atoms with Crippen LogP contribution in [-0.2, 0) is 23.3 Å². The molecule has 0 aliphatic rings. The lowest BCUT2D eigenvalue weighted by Gasteiger charge is -2.12. The molecule has 0 aliphatic carbocycles. The molecule has 2 aromatic carbocycles. The summed E-state index contributed by atoms with van der Waals surface area (Å²) in [5.74, 6) is 0.346. The van der Waals surface area contributed by atoms with Gasteiger partial charge in [0, 0.05) is 30.8 Å². The molecule has 0 radical (unpaired) electrons. The molecule has 3 aromatic rings. The lowest BCUT2D eigenvalue weighted by Crippen LogP contribution is -2.29. The summed E-state index contributed by atoms with van der Waals surface area (Å²) in [6.45, 7) is 6.41. The number of carbonyl (C=O) groups excluding carboxylic acids is 1. The van der Waals surface area contributed by atoms with Crippen LogP contribution in [0, 0.1) is 20.8 Å². The summed E-state index contributed by atoms with van der Waals surface area (Å²) in [7, 11) is 4.83. The molecule has 7 nitrogen and oxygen atoms in total. The number of hydrogen-bond acceptors (Lipinski definition) is 5. The van der Waals surface area contributed by atoms with Gasteiger partial charge < -0.3 is 14.9 Å². The maximum Gasteiger partial charge on any atom is 0.273 e. The number of oxime groups is 1. The molecule has 0 atom stereocenters. The van der Waals surface area contributed by atoms with Crippen LogP contribution < -0.4 is 10.1 Å². The lowest BCUT2D eigenvalue weighted by molar-refractivity contribution is -0.114. The van der Waals surface area contributed by atoms with Crippen molar-refractivity contribution in [1.82, 2.24) is 15.1 Å². The molecule has 0 aliphatic heterocycles. The van der Waals surface area contributed by atoms with Crippen LogP contribution in [-0.4, -0.2) is 35.6 Å². The fourth-order valence-electron chi connectivity index (χ4n) is 3.51. The van der Waals surface area contributed by atoms with Crippen molar-refractivity contribution in [2.75, 3.05) is 14.2 Å². The fraction of sp³-hybridized carbons (Fsp3) is 0.292. The third-order valence-corrected chi connectivity index (χ3v) is 5.13. The minimum Gasteiger partial charge on any atom is -0.473 e. The third-order valence-electron chi connectivity index (χ3n) is 5.13. The molecule has 0 spiro atoms. The van der Waals surface area contributed by atoms with Gasteiger partial charge in [0.15, 0.2) is 5.71 Å². The van der Waals surface area contributed by atoms with Crippen molar-refractivity contribution in [1.29, 1.82) is 0 Å². The van der Waals surface area contributed by atoms with E-state index in [-0.39, 0.29) is 18.2 Å². The Hall–Kier alpha value is -3.61. The van der Waals surface area contributed by atoms with Gasteiger partial charge in [0.1, 0.15) is 13.7 Å². The van der Waals surface area contributed by atoms with Crippen molar-refractivity contribution >= 4 is 11.6 Å². The van der Waals surface area contributed by atoms with Crippen molar-refractivity contribution in [2.24, 2.45) is 12.2 Å².